The molecule has 13 heteroatoms. The van der Waals surface area contributed by atoms with Crippen molar-refractivity contribution >= 4 is 38.5 Å². The van der Waals surface area contributed by atoms with E-state index >= 15 is 0 Å². The Kier molecular flexibility index (Phi) is 12.6. The van der Waals surface area contributed by atoms with E-state index in [1.807, 2.05) is 62.9 Å². The number of β-amino-alcohol motifs (C(OH)–C–C–N with tert-alkyl or cyclic N) is 1. The van der Waals surface area contributed by atoms with Crippen LogP contribution in [0.15, 0.2) is 57.6 Å². The Morgan fingerprint density at radius 2 is 1.83 bits per heavy atom. The van der Waals surface area contributed by atoms with E-state index in [4.69, 9.17) is 4.74 Å². The number of hydrogen-bond acceptors (Lipinski definition) is 12. The minimum Gasteiger partial charge on any atom is -0.494 e. The van der Waals surface area contributed by atoms with Gasteiger partial charge < -0.3 is 25.6 Å². The van der Waals surface area contributed by atoms with Gasteiger partial charge in [-0.3, -0.25) is 4.90 Å². The molecular weight excluding hydrogens is 606 g/mol. The van der Waals surface area contributed by atoms with E-state index in [1.54, 1.807) is 19.9 Å². The van der Waals surface area contributed by atoms with Gasteiger partial charge in [0.15, 0.2) is 21.5 Å². The molecule has 0 amide bonds. The van der Waals surface area contributed by atoms with E-state index in [9.17, 15) is 23.9 Å². The van der Waals surface area contributed by atoms with Crippen molar-refractivity contribution in [2.24, 2.45) is 10.2 Å². The van der Waals surface area contributed by atoms with Crippen LogP contribution in [0, 0.1) is 18.3 Å². The molecule has 3 rings (SSSR count). The Morgan fingerprint density at radius 3 is 2.39 bits per heavy atom. The highest BCUT2D eigenvalue weighted by Crippen LogP contribution is 2.39. The molecule has 248 valence electrons. The first-order chi connectivity index (χ1) is 21.7. The van der Waals surface area contributed by atoms with Crippen molar-refractivity contribution in [3.05, 3.63) is 59.2 Å². The molecule has 1 heterocycles. The molecule has 0 aliphatic heterocycles. The molecule has 1 unspecified atom stereocenters. The summed E-state index contributed by atoms with van der Waals surface area (Å²) in [5.74, 6) is 0.710. The van der Waals surface area contributed by atoms with Gasteiger partial charge in [-0.05, 0) is 64.8 Å². The molecule has 0 saturated heterocycles. The number of nitrogens with one attached hydrogen (secondary N) is 2. The number of rotatable bonds is 15. The number of anilines is 3. The molecule has 2 aromatic carbocycles. The molecule has 0 saturated carbocycles. The number of para-hydroxylation sites is 1. The lowest BCUT2D eigenvalue weighted by atomic mass is 10.1. The largest absolute Gasteiger partial charge is 0.494 e. The summed E-state index contributed by atoms with van der Waals surface area (Å²) in [6, 6.07) is 14.6. The van der Waals surface area contributed by atoms with Gasteiger partial charge in [-0.2, -0.15) is 5.26 Å². The van der Waals surface area contributed by atoms with Gasteiger partial charge in [0.2, 0.25) is 0 Å². The number of aliphatic hydroxyl groups excluding tert-OH is 2. The highest BCUT2D eigenvalue weighted by Gasteiger charge is 2.26. The van der Waals surface area contributed by atoms with Crippen LogP contribution in [0.5, 0.6) is 5.75 Å². The van der Waals surface area contributed by atoms with Crippen molar-refractivity contribution < 1.29 is 23.4 Å². The standard InChI is InChI=1S/C33H45N7O5S/c1-8-24-18-27(28(45-7)19-29(24)46(43,44)17-15-40(14-16-41)33(4,5)6)38-39-30-23(3)26(20-34)31(36-25-12-10-9-11-13-25)37-32(30)35-21-22(2)42/h9-13,18-19,22,41-42H,8,14-17,21H2,1-7H3,(H2,35,36,37). The van der Waals surface area contributed by atoms with Crippen molar-refractivity contribution in [1.82, 2.24) is 9.88 Å². The van der Waals surface area contributed by atoms with Crippen LogP contribution in [0.3, 0.4) is 0 Å². The average molecular weight is 652 g/mol. The van der Waals surface area contributed by atoms with Crippen LogP contribution < -0.4 is 15.4 Å². The smallest absolute Gasteiger partial charge is 0.180 e. The molecule has 12 nitrogen and oxygen atoms in total. The third-order valence-corrected chi connectivity index (χ3v) is 9.18. The summed E-state index contributed by atoms with van der Waals surface area (Å²) in [7, 11) is -2.29. The van der Waals surface area contributed by atoms with Crippen LogP contribution in [0.25, 0.3) is 0 Å². The first kappa shape index (κ1) is 36.4. The second-order valence-electron chi connectivity index (χ2n) is 11.9. The highest BCUT2D eigenvalue weighted by molar-refractivity contribution is 7.91. The van der Waals surface area contributed by atoms with Gasteiger partial charge in [-0.25, -0.2) is 13.4 Å². The number of azo groups is 1. The summed E-state index contributed by atoms with van der Waals surface area (Å²) in [6.07, 6.45) is -0.269. The number of ether oxygens (including phenoxy) is 1. The predicted octanol–water partition coefficient (Wildman–Crippen LogP) is 5.65. The summed E-state index contributed by atoms with van der Waals surface area (Å²) in [4.78, 5) is 6.72. The monoisotopic (exact) mass is 651 g/mol. The van der Waals surface area contributed by atoms with Crippen LogP contribution in [-0.4, -0.2) is 79.3 Å². The maximum atomic E-state index is 13.6. The molecule has 4 N–H and O–H groups in total. The lowest BCUT2D eigenvalue weighted by Crippen LogP contribution is -2.45. The Hall–Kier alpha value is -4.09. The normalized spacial score (nSPS) is 12.7. The number of aliphatic hydroxyl groups is 2. The fraction of sp³-hybridized carbons (Fsp3) is 0.455. The van der Waals surface area contributed by atoms with Gasteiger partial charge in [0.05, 0.1) is 36.0 Å². The number of methoxy groups -OCH3 is 1. The fourth-order valence-electron chi connectivity index (χ4n) is 4.82. The number of benzene rings is 2. The molecule has 1 aromatic heterocycles. The predicted molar refractivity (Wildman–Crippen MR) is 181 cm³/mol. The molecule has 0 radical (unpaired) electrons. The van der Waals surface area contributed by atoms with Gasteiger partial charge in [0.25, 0.3) is 0 Å². The second kappa shape index (κ2) is 16.0. The summed E-state index contributed by atoms with van der Waals surface area (Å²) < 4.78 is 32.7. The molecule has 0 bridgehead atoms. The quantitative estimate of drug-likeness (QED) is 0.150. The maximum absolute atomic E-state index is 13.6. The number of hydrogen-bond donors (Lipinski definition) is 4. The average Bonchev–Trinajstić information content (AvgIpc) is 3.01. The Balaban J connectivity index is 2.06. The van der Waals surface area contributed by atoms with Gasteiger partial charge >= 0.3 is 0 Å². The van der Waals surface area contributed by atoms with Crippen molar-refractivity contribution in [2.75, 3.05) is 49.7 Å². The number of sulfone groups is 1. The van der Waals surface area contributed by atoms with E-state index in [2.05, 4.69) is 31.9 Å². The lowest BCUT2D eigenvalue weighted by Gasteiger charge is -2.35. The zero-order valence-corrected chi connectivity index (χ0v) is 28.4. The number of aryl methyl sites for hydroxylation is 1. The third kappa shape index (κ3) is 9.23. The molecule has 3 aromatic rings. The molecule has 0 fully saturated rings. The van der Waals surface area contributed by atoms with E-state index in [0.717, 1.165) is 5.69 Å². The van der Waals surface area contributed by atoms with E-state index in [-0.39, 0.29) is 47.2 Å². The number of nitriles is 1. The van der Waals surface area contributed by atoms with Gasteiger partial charge in [0.1, 0.15) is 23.2 Å². The molecule has 0 aliphatic carbocycles. The molecular formula is C33H45N7O5S. The first-order valence-electron chi connectivity index (χ1n) is 15.2. The Labute approximate surface area is 272 Å². The van der Waals surface area contributed by atoms with Crippen LogP contribution in [-0.2, 0) is 16.3 Å². The van der Waals surface area contributed by atoms with Crippen molar-refractivity contribution in [3.8, 4) is 11.8 Å². The molecule has 46 heavy (non-hydrogen) atoms. The van der Waals surface area contributed by atoms with Crippen LogP contribution >= 0.6 is 0 Å². The van der Waals surface area contributed by atoms with Crippen LogP contribution in [0.2, 0.25) is 0 Å². The zero-order valence-electron chi connectivity index (χ0n) is 27.6. The summed E-state index contributed by atoms with van der Waals surface area (Å²) in [6.45, 7) is 11.9. The minimum atomic E-state index is -3.72. The molecule has 0 spiro atoms. The fourth-order valence-corrected chi connectivity index (χ4v) is 6.39. The van der Waals surface area contributed by atoms with E-state index in [1.165, 1.54) is 13.2 Å². The highest BCUT2D eigenvalue weighted by atomic mass is 32.2. The van der Waals surface area contributed by atoms with E-state index in [0.29, 0.717) is 47.1 Å². The first-order valence-corrected chi connectivity index (χ1v) is 16.8. The third-order valence-electron chi connectivity index (χ3n) is 7.41. The van der Waals surface area contributed by atoms with Crippen molar-refractivity contribution in [2.45, 2.75) is 64.5 Å². The maximum Gasteiger partial charge on any atom is 0.180 e. The molecule has 0 aliphatic rings. The topological polar surface area (TPSA) is 173 Å². The number of pyridine rings is 1. The van der Waals surface area contributed by atoms with Gasteiger partial charge in [-0.1, -0.05) is 25.1 Å². The second-order valence-corrected chi connectivity index (χ2v) is 14.0. The summed E-state index contributed by atoms with van der Waals surface area (Å²) >= 11 is 0. The summed E-state index contributed by atoms with van der Waals surface area (Å²) in [5.41, 5.74) is 2.36. The number of nitrogens with zero attached hydrogens (tertiary/aromatic N) is 5. The molecule has 1 atom stereocenters. The summed E-state index contributed by atoms with van der Waals surface area (Å²) in [5, 5.41) is 44.7. The lowest BCUT2D eigenvalue weighted by molar-refractivity contribution is 0.113. The van der Waals surface area contributed by atoms with E-state index < -0.39 is 15.9 Å². The minimum absolute atomic E-state index is 0.0710. The number of aromatic nitrogens is 1. The Morgan fingerprint density at radius 1 is 1.13 bits per heavy atom. The Bertz CT molecular complexity index is 1660. The SMILES string of the molecule is CCc1cc(N=Nc2c(NCC(C)O)nc(Nc3ccccc3)c(C#N)c2C)c(OC)cc1S(=O)(=O)CCN(CCO)C(C)(C)C. The van der Waals surface area contributed by atoms with Gasteiger partial charge in [-0.15, -0.1) is 10.2 Å². The van der Waals surface area contributed by atoms with Crippen molar-refractivity contribution in [3.63, 3.8) is 0 Å². The van der Waals surface area contributed by atoms with Crippen LogP contribution in [0.1, 0.15) is 51.3 Å². The van der Waals surface area contributed by atoms with Gasteiger partial charge in [0, 0.05) is 42.5 Å². The zero-order chi connectivity index (χ0) is 34.1. The van der Waals surface area contributed by atoms with Crippen LogP contribution in [0.4, 0.5) is 28.7 Å². The van der Waals surface area contributed by atoms with Crippen molar-refractivity contribution in [1.29, 1.82) is 5.26 Å².